The zero-order chi connectivity index (χ0) is 12.5. The third-order valence-electron chi connectivity index (χ3n) is 3.41. The van der Waals surface area contributed by atoms with E-state index in [0.29, 0.717) is 18.2 Å². The van der Waals surface area contributed by atoms with Gasteiger partial charge in [0.25, 0.3) is 0 Å². The highest BCUT2D eigenvalue weighted by atomic mass is 16.4. The largest absolute Gasteiger partial charge is 0.508 e. The van der Waals surface area contributed by atoms with Gasteiger partial charge in [-0.2, -0.15) is 0 Å². The van der Waals surface area contributed by atoms with Gasteiger partial charge in [0, 0.05) is 6.04 Å². The van der Waals surface area contributed by atoms with Gasteiger partial charge >= 0.3 is 0 Å². The Balaban J connectivity index is 1.71. The number of oxazole rings is 1. The Hall–Kier alpha value is -1.81. The highest BCUT2D eigenvalue weighted by molar-refractivity contribution is 5.44. The molecule has 0 aliphatic heterocycles. The summed E-state index contributed by atoms with van der Waals surface area (Å²) >= 11 is 0. The summed E-state index contributed by atoms with van der Waals surface area (Å²) in [5.74, 6) is 1.95. The molecule has 0 bridgehead atoms. The summed E-state index contributed by atoms with van der Waals surface area (Å²) in [5.41, 5.74) is 2.26. The van der Waals surface area contributed by atoms with E-state index >= 15 is 0 Å². The van der Waals surface area contributed by atoms with Crippen molar-refractivity contribution < 1.29 is 9.52 Å². The molecule has 1 unspecified atom stereocenters. The second-order valence-electron chi connectivity index (χ2n) is 4.68. The zero-order valence-electron chi connectivity index (χ0n) is 10.3. The minimum absolute atomic E-state index is 0.277. The van der Waals surface area contributed by atoms with Gasteiger partial charge in [-0.15, -0.1) is 0 Å². The van der Waals surface area contributed by atoms with Crippen molar-refractivity contribution in [1.29, 1.82) is 0 Å². The molecule has 0 radical (unpaired) electrons. The van der Waals surface area contributed by atoms with Crippen molar-refractivity contribution in [2.45, 2.75) is 32.4 Å². The van der Waals surface area contributed by atoms with Gasteiger partial charge in [0.2, 0.25) is 5.89 Å². The van der Waals surface area contributed by atoms with Gasteiger partial charge < -0.3 is 14.8 Å². The maximum atomic E-state index is 9.78. The van der Waals surface area contributed by atoms with Crippen LogP contribution in [-0.2, 0) is 13.0 Å². The van der Waals surface area contributed by atoms with Crippen LogP contribution in [0, 0.1) is 6.92 Å². The van der Waals surface area contributed by atoms with E-state index in [1.807, 2.05) is 13.0 Å². The van der Waals surface area contributed by atoms with Crippen LogP contribution < -0.4 is 5.32 Å². The van der Waals surface area contributed by atoms with E-state index in [0.717, 1.165) is 24.2 Å². The Kier molecular flexibility index (Phi) is 2.80. The Morgan fingerprint density at radius 1 is 1.50 bits per heavy atom. The van der Waals surface area contributed by atoms with Crippen LogP contribution in [0.15, 0.2) is 28.8 Å². The molecule has 1 aliphatic carbocycles. The number of hydrogen-bond acceptors (Lipinski definition) is 4. The maximum Gasteiger partial charge on any atom is 0.208 e. The zero-order valence-corrected chi connectivity index (χ0v) is 10.3. The summed E-state index contributed by atoms with van der Waals surface area (Å²) in [6.45, 7) is 2.51. The monoisotopic (exact) mass is 244 g/mol. The Morgan fingerprint density at radius 3 is 3.17 bits per heavy atom. The quantitative estimate of drug-likeness (QED) is 0.870. The molecule has 94 valence electrons. The van der Waals surface area contributed by atoms with Crippen LogP contribution in [0.4, 0.5) is 0 Å². The second-order valence-corrected chi connectivity index (χ2v) is 4.68. The molecular weight excluding hydrogens is 228 g/mol. The van der Waals surface area contributed by atoms with E-state index in [1.165, 1.54) is 5.56 Å². The first-order valence-corrected chi connectivity index (χ1v) is 6.19. The van der Waals surface area contributed by atoms with Crippen LogP contribution in [0.1, 0.15) is 35.2 Å². The molecule has 0 saturated heterocycles. The number of hydrogen-bond donors (Lipinski definition) is 2. The number of aromatic nitrogens is 1. The fraction of sp³-hybridized carbons (Fsp3) is 0.357. The lowest BCUT2D eigenvalue weighted by molar-refractivity contribution is 0.423. The topological polar surface area (TPSA) is 58.3 Å². The van der Waals surface area contributed by atoms with Crippen molar-refractivity contribution in [2.24, 2.45) is 0 Å². The Labute approximate surface area is 106 Å². The second kappa shape index (κ2) is 4.46. The molecule has 0 saturated carbocycles. The molecule has 0 amide bonds. The Bertz CT molecular complexity index is 563. The molecular formula is C14H16N2O2. The number of benzene rings is 1. The number of nitrogens with one attached hydrogen (secondary N) is 1. The first kappa shape index (κ1) is 11.3. The predicted molar refractivity (Wildman–Crippen MR) is 67.2 cm³/mol. The molecule has 1 atom stereocenters. The van der Waals surface area contributed by atoms with E-state index in [2.05, 4.69) is 16.4 Å². The third kappa shape index (κ3) is 1.99. The minimum Gasteiger partial charge on any atom is -0.508 e. The van der Waals surface area contributed by atoms with Gasteiger partial charge in [0.15, 0.2) is 0 Å². The number of rotatable bonds is 3. The van der Waals surface area contributed by atoms with E-state index in [9.17, 15) is 5.11 Å². The first-order valence-electron chi connectivity index (χ1n) is 6.19. The Morgan fingerprint density at radius 2 is 2.39 bits per heavy atom. The first-order chi connectivity index (χ1) is 8.74. The van der Waals surface area contributed by atoms with Gasteiger partial charge in [0.05, 0.1) is 12.7 Å². The van der Waals surface area contributed by atoms with E-state index < -0.39 is 0 Å². The van der Waals surface area contributed by atoms with E-state index in [1.54, 1.807) is 12.3 Å². The van der Waals surface area contributed by atoms with Crippen LogP contribution in [0.25, 0.3) is 0 Å². The van der Waals surface area contributed by atoms with Crippen molar-refractivity contribution in [3.8, 4) is 5.75 Å². The molecule has 3 rings (SSSR count). The average Bonchev–Trinajstić information content (AvgIpc) is 2.94. The van der Waals surface area contributed by atoms with Crippen LogP contribution in [0.2, 0.25) is 0 Å². The third-order valence-corrected chi connectivity index (χ3v) is 3.41. The lowest BCUT2D eigenvalue weighted by Gasteiger charge is -2.12. The number of phenolic OH excluding ortho intramolecular Hbond substituents is 1. The van der Waals surface area contributed by atoms with Crippen LogP contribution >= 0.6 is 0 Å². The fourth-order valence-corrected chi connectivity index (χ4v) is 2.54. The van der Waals surface area contributed by atoms with E-state index in [-0.39, 0.29) is 6.04 Å². The molecule has 1 aromatic heterocycles. The highest BCUT2D eigenvalue weighted by Gasteiger charge is 2.24. The molecule has 1 aromatic carbocycles. The summed E-state index contributed by atoms with van der Waals surface area (Å²) in [6, 6.07) is 5.99. The molecule has 4 nitrogen and oxygen atoms in total. The summed E-state index contributed by atoms with van der Waals surface area (Å²) in [5, 5.41) is 13.2. The van der Waals surface area contributed by atoms with Gasteiger partial charge in [-0.25, -0.2) is 4.98 Å². The van der Waals surface area contributed by atoms with Crippen molar-refractivity contribution in [1.82, 2.24) is 10.3 Å². The molecule has 2 N–H and O–H groups in total. The highest BCUT2D eigenvalue weighted by Crippen LogP contribution is 2.36. The predicted octanol–water partition coefficient (Wildman–Crippen LogP) is 2.47. The molecule has 1 aliphatic rings. The summed E-state index contributed by atoms with van der Waals surface area (Å²) < 4.78 is 5.43. The summed E-state index contributed by atoms with van der Waals surface area (Å²) in [6.07, 6.45) is 3.66. The van der Waals surface area contributed by atoms with Crippen molar-refractivity contribution in [3.63, 3.8) is 0 Å². The van der Waals surface area contributed by atoms with Gasteiger partial charge in [-0.1, -0.05) is 12.1 Å². The number of aromatic hydroxyl groups is 1. The minimum atomic E-state index is 0.277. The van der Waals surface area contributed by atoms with Crippen molar-refractivity contribution in [2.75, 3.05) is 0 Å². The molecule has 2 aromatic rings. The number of fused-ring (bicyclic) bond motifs is 1. The lowest BCUT2D eigenvalue weighted by atomic mass is 10.1. The van der Waals surface area contributed by atoms with Gasteiger partial charge in [0.1, 0.15) is 11.5 Å². The molecule has 0 fully saturated rings. The van der Waals surface area contributed by atoms with Crippen molar-refractivity contribution in [3.05, 3.63) is 47.2 Å². The molecule has 1 heterocycles. The number of phenols is 1. The standard InChI is InChI=1S/C14H16N2O2/c1-9-7-16-14(18-9)8-15-12-6-5-11-10(12)3-2-4-13(11)17/h2-4,7,12,15,17H,5-6,8H2,1H3. The SMILES string of the molecule is Cc1cnc(CNC2CCc3c(O)cccc32)o1. The number of aryl methyl sites for hydroxylation is 1. The van der Waals surface area contributed by atoms with Crippen molar-refractivity contribution >= 4 is 0 Å². The molecule has 0 spiro atoms. The molecule has 4 heteroatoms. The fourth-order valence-electron chi connectivity index (χ4n) is 2.54. The summed E-state index contributed by atoms with van der Waals surface area (Å²) in [7, 11) is 0. The normalized spacial score (nSPS) is 17.9. The number of nitrogens with zero attached hydrogens (tertiary/aromatic N) is 1. The van der Waals surface area contributed by atoms with Crippen LogP contribution in [0.5, 0.6) is 5.75 Å². The van der Waals surface area contributed by atoms with Crippen LogP contribution in [0.3, 0.4) is 0 Å². The average molecular weight is 244 g/mol. The summed E-state index contributed by atoms with van der Waals surface area (Å²) in [4.78, 5) is 4.17. The van der Waals surface area contributed by atoms with E-state index in [4.69, 9.17) is 4.42 Å². The van der Waals surface area contributed by atoms with Crippen LogP contribution in [-0.4, -0.2) is 10.1 Å². The lowest BCUT2D eigenvalue weighted by Crippen LogP contribution is -2.18. The smallest absolute Gasteiger partial charge is 0.208 e. The van der Waals surface area contributed by atoms with Gasteiger partial charge in [-0.05, 0) is 37.0 Å². The van der Waals surface area contributed by atoms with Gasteiger partial charge in [-0.3, -0.25) is 0 Å². The molecule has 18 heavy (non-hydrogen) atoms. The maximum absolute atomic E-state index is 9.78.